The summed E-state index contributed by atoms with van der Waals surface area (Å²) in [7, 11) is 0. The minimum atomic E-state index is -0.619. The van der Waals surface area contributed by atoms with Gasteiger partial charge < -0.3 is 19.5 Å². The summed E-state index contributed by atoms with van der Waals surface area (Å²) < 4.78 is 5.29. The van der Waals surface area contributed by atoms with Crippen LogP contribution in [0.25, 0.3) is 11.0 Å². The van der Waals surface area contributed by atoms with Crippen LogP contribution < -0.4 is 15.8 Å². The molecule has 4 rings (SSSR count). The molecule has 1 fully saturated rings. The van der Waals surface area contributed by atoms with Gasteiger partial charge in [-0.05, 0) is 37.1 Å². The van der Waals surface area contributed by atoms with E-state index in [9.17, 15) is 14.4 Å². The SMILES string of the molecule is Cc1cccc(C)c1NC(=O)C[NH+]1CCN(C(=O)c2cc3ccccc3oc2=O)CC1. The van der Waals surface area contributed by atoms with E-state index in [0.717, 1.165) is 27.1 Å². The molecular formula is C24H26N3O4+. The first-order chi connectivity index (χ1) is 14.9. The molecule has 0 saturated carbocycles. The number of amides is 2. The Morgan fingerprint density at radius 3 is 2.42 bits per heavy atom. The predicted molar refractivity (Wildman–Crippen MR) is 118 cm³/mol. The van der Waals surface area contributed by atoms with Crippen molar-refractivity contribution in [3.05, 3.63) is 75.6 Å². The normalized spacial score (nSPS) is 14.6. The molecule has 0 radical (unpaired) electrons. The molecule has 2 heterocycles. The molecule has 0 bridgehead atoms. The van der Waals surface area contributed by atoms with E-state index in [4.69, 9.17) is 4.42 Å². The van der Waals surface area contributed by atoms with Crippen LogP contribution >= 0.6 is 0 Å². The number of nitrogens with one attached hydrogen (secondary N) is 2. The number of nitrogens with zero attached hydrogens (tertiary/aromatic N) is 1. The fourth-order valence-corrected chi connectivity index (χ4v) is 4.01. The largest absolute Gasteiger partial charge is 0.422 e. The summed E-state index contributed by atoms with van der Waals surface area (Å²) in [4.78, 5) is 40.5. The van der Waals surface area contributed by atoms with Crippen molar-refractivity contribution >= 4 is 28.5 Å². The number of fused-ring (bicyclic) bond motifs is 1. The highest BCUT2D eigenvalue weighted by atomic mass is 16.4. The number of aryl methyl sites for hydroxylation is 2. The van der Waals surface area contributed by atoms with E-state index in [0.29, 0.717) is 38.3 Å². The number of quaternary nitrogens is 1. The van der Waals surface area contributed by atoms with E-state index in [1.807, 2.05) is 44.2 Å². The molecule has 1 aromatic heterocycles. The maximum atomic E-state index is 12.9. The summed E-state index contributed by atoms with van der Waals surface area (Å²) in [5, 5.41) is 3.74. The highest BCUT2D eigenvalue weighted by Crippen LogP contribution is 2.19. The van der Waals surface area contributed by atoms with Gasteiger partial charge in [0.25, 0.3) is 11.8 Å². The molecule has 0 atom stereocenters. The van der Waals surface area contributed by atoms with Crippen molar-refractivity contribution < 1.29 is 18.9 Å². The average molecular weight is 420 g/mol. The van der Waals surface area contributed by atoms with Gasteiger partial charge in [0.05, 0.1) is 26.2 Å². The third-order valence-corrected chi connectivity index (χ3v) is 5.79. The molecule has 2 aromatic carbocycles. The number of benzene rings is 2. The molecule has 0 spiro atoms. The fourth-order valence-electron chi connectivity index (χ4n) is 4.01. The summed E-state index contributed by atoms with van der Waals surface area (Å²) in [5.41, 5.74) is 2.83. The van der Waals surface area contributed by atoms with Crippen molar-refractivity contribution in [2.24, 2.45) is 0 Å². The third kappa shape index (κ3) is 4.51. The van der Waals surface area contributed by atoms with Crippen LogP contribution in [0.2, 0.25) is 0 Å². The maximum absolute atomic E-state index is 12.9. The van der Waals surface area contributed by atoms with Crippen LogP contribution in [0.15, 0.2) is 57.7 Å². The molecule has 2 N–H and O–H groups in total. The van der Waals surface area contributed by atoms with Crippen LogP contribution in [0.5, 0.6) is 0 Å². The van der Waals surface area contributed by atoms with Crippen molar-refractivity contribution in [1.82, 2.24) is 4.90 Å². The molecule has 1 saturated heterocycles. The van der Waals surface area contributed by atoms with Gasteiger partial charge in [0.15, 0.2) is 6.54 Å². The van der Waals surface area contributed by atoms with Gasteiger partial charge in [-0.25, -0.2) is 4.79 Å². The van der Waals surface area contributed by atoms with Gasteiger partial charge in [-0.3, -0.25) is 9.59 Å². The second kappa shape index (κ2) is 8.73. The molecule has 160 valence electrons. The van der Waals surface area contributed by atoms with Crippen LogP contribution in [0.3, 0.4) is 0 Å². The zero-order valence-electron chi connectivity index (χ0n) is 17.7. The van der Waals surface area contributed by atoms with E-state index < -0.39 is 5.63 Å². The number of para-hydroxylation sites is 2. The van der Waals surface area contributed by atoms with Gasteiger partial charge in [0, 0.05) is 11.1 Å². The summed E-state index contributed by atoms with van der Waals surface area (Å²) >= 11 is 0. The molecule has 1 aliphatic rings. The van der Waals surface area contributed by atoms with E-state index >= 15 is 0 Å². The first-order valence-corrected chi connectivity index (χ1v) is 10.4. The highest BCUT2D eigenvalue weighted by Gasteiger charge is 2.28. The smallest absolute Gasteiger partial charge is 0.349 e. The van der Waals surface area contributed by atoms with Crippen molar-refractivity contribution in [1.29, 1.82) is 0 Å². The Labute approximate surface area is 180 Å². The molecular weight excluding hydrogens is 394 g/mol. The summed E-state index contributed by atoms with van der Waals surface area (Å²) in [6, 6.07) is 14.7. The molecule has 7 heteroatoms. The number of hydrogen-bond acceptors (Lipinski definition) is 4. The Bertz CT molecular complexity index is 1170. The van der Waals surface area contributed by atoms with Gasteiger partial charge in [0.2, 0.25) is 0 Å². The minimum absolute atomic E-state index is 0.0395. The second-order valence-corrected chi connectivity index (χ2v) is 8.02. The molecule has 1 aliphatic heterocycles. The van der Waals surface area contributed by atoms with Crippen LogP contribution in [-0.4, -0.2) is 49.4 Å². The van der Waals surface area contributed by atoms with Gasteiger partial charge in [0.1, 0.15) is 11.1 Å². The summed E-state index contributed by atoms with van der Waals surface area (Å²) in [6.45, 7) is 6.55. The first-order valence-electron chi connectivity index (χ1n) is 10.4. The number of rotatable bonds is 4. The Hall–Kier alpha value is -3.45. The van der Waals surface area contributed by atoms with Crippen LogP contribution in [0.4, 0.5) is 5.69 Å². The first kappa shape index (κ1) is 20.8. The predicted octanol–water partition coefficient (Wildman–Crippen LogP) is 1.39. The number of hydrogen-bond donors (Lipinski definition) is 2. The number of carbonyl (C=O) groups is 2. The molecule has 2 amide bonds. The lowest BCUT2D eigenvalue weighted by molar-refractivity contribution is -0.895. The highest BCUT2D eigenvalue weighted by molar-refractivity contribution is 5.96. The van der Waals surface area contributed by atoms with Crippen molar-refractivity contribution in [3.63, 3.8) is 0 Å². The van der Waals surface area contributed by atoms with Crippen molar-refractivity contribution in [3.8, 4) is 0 Å². The van der Waals surface area contributed by atoms with Gasteiger partial charge in [-0.15, -0.1) is 0 Å². The van der Waals surface area contributed by atoms with Gasteiger partial charge >= 0.3 is 5.63 Å². The molecule has 7 nitrogen and oxygen atoms in total. The average Bonchev–Trinajstić information content (AvgIpc) is 2.76. The van der Waals surface area contributed by atoms with E-state index in [1.54, 1.807) is 23.1 Å². The lowest BCUT2D eigenvalue weighted by Gasteiger charge is -2.31. The monoisotopic (exact) mass is 420 g/mol. The van der Waals surface area contributed by atoms with Crippen molar-refractivity contribution in [2.75, 3.05) is 38.0 Å². The Balaban J connectivity index is 1.36. The fraction of sp³-hybridized carbons (Fsp3) is 0.292. The maximum Gasteiger partial charge on any atom is 0.349 e. The molecule has 0 unspecified atom stereocenters. The van der Waals surface area contributed by atoms with E-state index in [2.05, 4.69) is 5.32 Å². The molecule has 0 aliphatic carbocycles. The van der Waals surface area contributed by atoms with Crippen LogP contribution in [0.1, 0.15) is 21.5 Å². The Kier molecular flexibility index (Phi) is 5.86. The van der Waals surface area contributed by atoms with Gasteiger partial charge in [-0.2, -0.15) is 0 Å². The quantitative estimate of drug-likeness (QED) is 0.625. The molecule has 31 heavy (non-hydrogen) atoms. The number of carbonyl (C=O) groups excluding carboxylic acids is 2. The number of piperazine rings is 1. The molecule has 3 aromatic rings. The lowest BCUT2D eigenvalue weighted by atomic mass is 10.1. The summed E-state index contributed by atoms with van der Waals surface area (Å²) in [5.74, 6) is -0.360. The van der Waals surface area contributed by atoms with E-state index in [1.165, 1.54) is 0 Å². The van der Waals surface area contributed by atoms with Gasteiger partial charge in [-0.1, -0.05) is 36.4 Å². The minimum Gasteiger partial charge on any atom is -0.422 e. The van der Waals surface area contributed by atoms with Crippen LogP contribution in [0, 0.1) is 13.8 Å². The summed E-state index contributed by atoms with van der Waals surface area (Å²) in [6.07, 6.45) is 0. The topological polar surface area (TPSA) is 84.1 Å². The zero-order chi connectivity index (χ0) is 22.0. The Morgan fingerprint density at radius 2 is 1.71 bits per heavy atom. The number of anilines is 1. The third-order valence-electron chi connectivity index (χ3n) is 5.79. The standard InChI is InChI=1S/C24H25N3O4/c1-16-6-5-7-17(2)22(16)25-21(28)15-26-10-12-27(13-11-26)23(29)19-14-18-8-3-4-9-20(18)31-24(19)30/h3-9,14H,10-13,15H2,1-2H3,(H,25,28)/p+1. The Morgan fingerprint density at radius 1 is 1.03 bits per heavy atom. The second-order valence-electron chi connectivity index (χ2n) is 8.02. The van der Waals surface area contributed by atoms with E-state index in [-0.39, 0.29) is 17.4 Å². The lowest BCUT2D eigenvalue weighted by Crippen LogP contribution is -3.15. The van der Waals surface area contributed by atoms with Crippen molar-refractivity contribution in [2.45, 2.75) is 13.8 Å². The van der Waals surface area contributed by atoms with Crippen LogP contribution in [-0.2, 0) is 4.79 Å². The zero-order valence-corrected chi connectivity index (χ0v) is 17.7.